The molecule has 0 aliphatic carbocycles. The molecule has 0 spiro atoms. The number of carbonyl (C=O) groups excluding carboxylic acids is 2. The number of sulfonamides is 1. The van der Waals surface area contributed by atoms with E-state index in [0.29, 0.717) is 5.75 Å². The standard InChI is InChI=1S/C26H37N3O6S/c1-8-19(3)27-26(31)20(4)28(16-21-11-9-18(2)10-12-21)25(30)17-29(36(7,32)33)23-15-22(34-5)13-14-24(23)35-6/h9-15,19-20H,8,16-17H2,1-7H3,(H,27,31). The largest absolute Gasteiger partial charge is 0.497 e. The average molecular weight is 520 g/mol. The Morgan fingerprint density at radius 1 is 1.03 bits per heavy atom. The lowest BCUT2D eigenvalue weighted by Gasteiger charge is -2.32. The summed E-state index contributed by atoms with van der Waals surface area (Å²) >= 11 is 0. The lowest BCUT2D eigenvalue weighted by Crippen LogP contribution is -2.52. The molecule has 0 aliphatic heterocycles. The van der Waals surface area contributed by atoms with Gasteiger partial charge in [0.25, 0.3) is 0 Å². The van der Waals surface area contributed by atoms with Crippen molar-refractivity contribution < 1.29 is 27.5 Å². The summed E-state index contributed by atoms with van der Waals surface area (Å²) < 4.78 is 37.2. The van der Waals surface area contributed by atoms with E-state index < -0.39 is 28.5 Å². The molecule has 0 saturated heterocycles. The van der Waals surface area contributed by atoms with Crippen LogP contribution in [-0.4, -0.2) is 64.2 Å². The van der Waals surface area contributed by atoms with Gasteiger partial charge in [-0.15, -0.1) is 0 Å². The van der Waals surface area contributed by atoms with E-state index in [1.807, 2.05) is 45.0 Å². The van der Waals surface area contributed by atoms with Crippen LogP contribution >= 0.6 is 0 Å². The van der Waals surface area contributed by atoms with Crippen molar-refractivity contribution in [3.8, 4) is 11.5 Å². The Balaban J connectivity index is 2.47. The number of anilines is 1. The van der Waals surface area contributed by atoms with E-state index in [4.69, 9.17) is 9.47 Å². The third-order valence-electron chi connectivity index (χ3n) is 5.98. The highest BCUT2D eigenvalue weighted by Gasteiger charge is 2.31. The van der Waals surface area contributed by atoms with Crippen molar-refractivity contribution in [3.05, 3.63) is 53.6 Å². The quantitative estimate of drug-likeness (QED) is 0.462. The maximum atomic E-state index is 13.7. The molecule has 0 radical (unpaired) electrons. The van der Waals surface area contributed by atoms with E-state index in [2.05, 4.69) is 5.32 Å². The van der Waals surface area contributed by atoms with Gasteiger partial charge in [0.2, 0.25) is 21.8 Å². The van der Waals surface area contributed by atoms with Gasteiger partial charge in [-0.1, -0.05) is 36.8 Å². The van der Waals surface area contributed by atoms with Crippen molar-refractivity contribution >= 4 is 27.5 Å². The number of carbonyl (C=O) groups is 2. The van der Waals surface area contributed by atoms with E-state index in [9.17, 15) is 18.0 Å². The van der Waals surface area contributed by atoms with Gasteiger partial charge in [-0.05, 0) is 44.9 Å². The summed E-state index contributed by atoms with van der Waals surface area (Å²) in [4.78, 5) is 28.0. The van der Waals surface area contributed by atoms with Gasteiger partial charge in [-0.2, -0.15) is 0 Å². The molecule has 198 valence electrons. The molecule has 2 amide bonds. The van der Waals surface area contributed by atoms with Crippen molar-refractivity contribution in [1.29, 1.82) is 0 Å². The molecule has 0 aromatic heterocycles. The molecule has 2 aromatic rings. The number of rotatable bonds is 12. The topological polar surface area (TPSA) is 105 Å². The van der Waals surface area contributed by atoms with Crippen molar-refractivity contribution in [2.45, 2.75) is 52.7 Å². The zero-order chi connectivity index (χ0) is 27.0. The molecule has 0 bridgehead atoms. The van der Waals surface area contributed by atoms with E-state index in [0.717, 1.165) is 28.1 Å². The highest BCUT2D eigenvalue weighted by Crippen LogP contribution is 2.34. The minimum atomic E-state index is -3.90. The summed E-state index contributed by atoms with van der Waals surface area (Å²) in [6, 6.07) is 11.4. The first kappa shape index (κ1) is 29.0. The Bertz CT molecular complexity index is 1150. The number of nitrogens with one attached hydrogen (secondary N) is 1. The Labute approximate surface area is 214 Å². The fraction of sp³-hybridized carbons (Fsp3) is 0.462. The van der Waals surface area contributed by atoms with Gasteiger partial charge in [-0.3, -0.25) is 13.9 Å². The Morgan fingerprint density at radius 2 is 1.67 bits per heavy atom. The van der Waals surface area contributed by atoms with Gasteiger partial charge in [0.1, 0.15) is 24.1 Å². The van der Waals surface area contributed by atoms with Crippen LogP contribution in [0.1, 0.15) is 38.3 Å². The average Bonchev–Trinajstić information content (AvgIpc) is 2.85. The molecular formula is C26H37N3O6S. The van der Waals surface area contributed by atoms with Crippen molar-refractivity contribution in [3.63, 3.8) is 0 Å². The van der Waals surface area contributed by atoms with Crippen LogP contribution in [0.25, 0.3) is 0 Å². The molecule has 0 fully saturated rings. The maximum Gasteiger partial charge on any atom is 0.244 e. The van der Waals surface area contributed by atoms with Gasteiger partial charge in [0.15, 0.2) is 0 Å². The minimum Gasteiger partial charge on any atom is -0.497 e. The first-order chi connectivity index (χ1) is 16.9. The predicted octanol–water partition coefficient (Wildman–Crippen LogP) is 3.11. The third kappa shape index (κ3) is 7.61. The number of benzene rings is 2. The zero-order valence-electron chi connectivity index (χ0n) is 22.1. The predicted molar refractivity (Wildman–Crippen MR) is 141 cm³/mol. The van der Waals surface area contributed by atoms with Crippen LogP contribution in [0, 0.1) is 6.92 Å². The van der Waals surface area contributed by atoms with Gasteiger partial charge >= 0.3 is 0 Å². The minimum absolute atomic E-state index is 0.0650. The summed E-state index contributed by atoms with van der Waals surface area (Å²) in [7, 11) is -1.03. The smallest absolute Gasteiger partial charge is 0.244 e. The summed E-state index contributed by atoms with van der Waals surface area (Å²) in [5.41, 5.74) is 2.05. The summed E-state index contributed by atoms with van der Waals surface area (Å²) in [6.07, 6.45) is 1.75. The monoisotopic (exact) mass is 519 g/mol. The summed E-state index contributed by atoms with van der Waals surface area (Å²) in [6.45, 7) is 7.06. The highest BCUT2D eigenvalue weighted by molar-refractivity contribution is 7.92. The van der Waals surface area contributed by atoms with Gasteiger partial charge in [0.05, 0.1) is 26.2 Å². The molecule has 0 heterocycles. The van der Waals surface area contributed by atoms with Crippen LogP contribution in [0.15, 0.2) is 42.5 Å². The van der Waals surface area contributed by atoms with E-state index >= 15 is 0 Å². The second kappa shape index (κ2) is 12.6. The molecule has 2 atom stereocenters. The normalized spacial score (nSPS) is 12.9. The van der Waals surface area contributed by atoms with Crippen molar-refractivity contribution in [2.75, 3.05) is 31.3 Å². The van der Waals surface area contributed by atoms with Gasteiger partial charge < -0.3 is 19.7 Å². The lowest BCUT2D eigenvalue weighted by molar-refractivity contribution is -0.139. The molecular weight excluding hydrogens is 482 g/mol. The fourth-order valence-electron chi connectivity index (χ4n) is 3.52. The number of hydrogen-bond acceptors (Lipinski definition) is 6. The molecule has 0 aliphatic rings. The number of aryl methyl sites for hydroxylation is 1. The van der Waals surface area contributed by atoms with Crippen LogP contribution in [0.3, 0.4) is 0 Å². The fourth-order valence-corrected chi connectivity index (χ4v) is 4.37. The first-order valence-corrected chi connectivity index (χ1v) is 13.6. The summed E-state index contributed by atoms with van der Waals surface area (Å²) in [5.74, 6) is -0.168. The Morgan fingerprint density at radius 3 is 2.19 bits per heavy atom. The van der Waals surface area contributed by atoms with E-state index in [-0.39, 0.29) is 29.9 Å². The van der Waals surface area contributed by atoms with Gasteiger partial charge in [0, 0.05) is 18.7 Å². The number of nitrogens with zero attached hydrogens (tertiary/aromatic N) is 2. The van der Waals surface area contributed by atoms with Crippen molar-refractivity contribution in [2.24, 2.45) is 0 Å². The van der Waals surface area contributed by atoms with Crippen LogP contribution < -0.4 is 19.1 Å². The Kier molecular flexibility index (Phi) is 10.2. The van der Waals surface area contributed by atoms with E-state index in [1.54, 1.807) is 19.1 Å². The second-order valence-electron chi connectivity index (χ2n) is 8.81. The molecule has 1 N–H and O–H groups in total. The number of amides is 2. The van der Waals surface area contributed by atoms with Crippen LogP contribution in [-0.2, 0) is 26.2 Å². The van der Waals surface area contributed by atoms with Crippen LogP contribution in [0.2, 0.25) is 0 Å². The van der Waals surface area contributed by atoms with Crippen LogP contribution in [0.5, 0.6) is 11.5 Å². The molecule has 9 nitrogen and oxygen atoms in total. The number of methoxy groups -OCH3 is 2. The van der Waals surface area contributed by atoms with Crippen LogP contribution in [0.4, 0.5) is 5.69 Å². The second-order valence-corrected chi connectivity index (χ2v) is 10.7. The molecule has 2 rings (SSSR count). The van der Waals surface area contributed by atoms with Gasteiger partial charge in [-0.25, -0.2) is 8.42 Å². The Hall–Kier alpha value is -3.27. The number of ether oxygens (including phenoxy) is 2. The zero-order valence-corrected chi connectivity index (χ0v) is 22.9. The van der Waals surface area contributed by atoms with E-state index in [1.165, 1.54) is 25.2 Å². The summed E-state index contributed by atoms with van der Waals surface area (Å²) in [5, 5.41) is 2.91. The molecule has 10 heteroatoms. The SMILES string of the molecule is CCC(C)NC(=O)C(C)N(Cc1ccc(C)cc1)C(=O)CN(c1cc(OC)ccc1OC)S(C)(=O)=O. The lowest BCUT2D eigenvalue weighted by atomic mass is 10.1. The molecule has 36 heavy (non-hydrogen) atoms. The highest BCUT2D eigenvalue weighted by atomic mass is 32.2. The molecule has 0 saturated carbocycles. The molecule has 2 aromatic carbocycles. The van der Waals surface area contributed by atoms with Crippen molar-refractivity contribution in [1.82, 2.24) is 10.2 Å². The molecule has 2 unspecified atom stereocenters. The third-order valence-corrected chi connectivity index (χ3v) is 7.10. The maximum absolute atomic E-state index is 13.7. The number of hydrogen-bond donors (Lipinski definition) is 1. The first-order valence-electron chi connectivity index (χ1n) is 11.8.